The summed E-state index contributed by atoms with van der Waals surface area (Å²) in [5.41, 5.74) is 0.765. The normalized spacial score (nSPS) is 18.0. The van der Waals surface area contributed by atoms with E-state index in [0.29, 0.717) is 19.4 Å². The number of hydrogen-bond donors (Lipinski definition) is 2. The number of benzene rings is 1. The quantitative estimate of drug-likeness (QED) is 0.760. The summed E-state index contributed by atoms with van der Waals surface area (Å²) in [6.07, 6.45) is 1.25. The molecule has 0 aromatic heterocycles. The molecule has 1 aliphatic heterocycles. The number of amides is 2. The minimum Gasteiger partial charge on any atom is -0.481 e. The van der Waals surface area contributed by atoms with E-state index in [1.807, 2.05) is 0 Å². The number of nitrogens with one attached hydrogen (secondary N) is 1. The summed E-state index contributed by atoms with van der Waals surface area (Å²) in [6, 6.07) is 5.92. The Bertz CT molecular complexity index is 777. The number of sulfonamides is 1. The van der Waals surface area contributed by atoms with Crippen molar-refractivity contribution in [2.24, 2.45) is 5.92 Å². The highest BCUT2D eigenvalue weighted by Gasteiger charge is 2.28. The molecule has 150 valence electrons. The fourth-order valence-corrected chi connectivity index (χ4v) is 4.24. The van der Waals surface area contributed by atoms with Gasteiger partial charge in [-0.1, -0.05) is 12.1 Å². The van der Waals surface area contributed by atoms with Crippen LogP contribution in [0.4, 0.5) is 4.79 Å². The van der Waals surface area contributed by atoms with Crippen molar-refractivity contribution in [3.8, 4) is 0 Å². The summed E-state index contributed by atoms with van der Waals surface area (Å²) in [5, 5.41) is 11.9. The Morgan fingerprint density at radius 2 is 1.93 bits per heavy atom. The van der Waals surface area contributed by atoms with Gasteiger partial charge in [0.05, 0.1) is 10.8 Å². The van der Waals surface area contributed by atoms with E-state index in [1.165, 1.54) is 28.4 Å². The lowest BCUT2D eigenvalue weighted by Crippen LogP contribution is -2.46. The van der Waals surface area contributed by atoms with Crippen LogP contribution in [0.2, 0.25) is 0 Å². The number of rotatable bonds is 6. The zero-order valence-electron chi connectivity index (χ0n) is 15.9. The molecular formula is C18H27N3O5S. The predicted molar refractivity (Wildman–Crippen MR) is 101 cm³/mol. The molecule has 1 atom stereocenters. The fourth-order valence-electron chi connectivity index (χ4n) is 2.88. The van der Waals surface area contributed by atoms with E-state index in [2.05, 4.69) is 5.32 Å². The van der Waals surface area contributed by atoms with Crippen LogP contribution >= 0.6 is 0 Å². The topological polar surface area (TPSA) is 107 Å². The lowest BCUT2D eigenvalue weighted by Gasteiger charge is -2.30. The second-order valence-corrected chi connectivity index (χ2v) is 9.04. The molecule has 2 rings (SSSR count). The molecule has 2 N–H and O–H groups in total. The molecule has 1 aromatic rings. The number of urea groups is 1. The van der Waals surface area contributed by atoms with Crippen LogP contribution in [0.1, 0.15) is 32.3 Å². The van der Waals surface area contributed by atoms with Gasteiger partial charge in [-0.05, 0) is 44.4 Å². The van der Waals surface area contributed by atoms with Crippen molar-refractivity contribution in [1.82, 2.24) is 14.5 Å². The fraction of sp³-hybridized carbons (Fsp3) is 0.556. The van der Waals surface area contributed by atoms with Gasteiger partial charge in [0.2, 0.25) is 10.0 Å². The van der Waals surface area contributed by atoms with Crippen LogP contribution in [-0.2, 0) is 21.4 Å². The molecule has 2 amide bonds. The van der Waals surface area contributed by atoms with Crippen LogP contribution in [0.3, 0.4) is 0 Å². The van der Waals surface area contributed by atoms with Crippen LogP contribution in [0.15, 0.2) is 29.2 Å². The third kappa shape index (κ3) is 5.20. The van der Waals surface area contributed by atoms with Crippen molar-refractivity contribution in [1.29, 1.82) is 0 Å². The SMILES string of the molecule is CC(C)N(C)S(=O)(=O)c1ccc(CNC(=O)N2CCCC(C(=O)O)C2)cc1. The van der Waals surface area contributed by atoms with Gasteiger partial charge in [-0.2, -0.15) is 4.31 Å². The van der Waals surface area contributed by atoms with E-state index >= 15 is 0 Å². The molecular weight excluding hydrogens is 370 g/mol. The van der Waals surface area contributed by atoms with Gasteiger partial charge in [-0.3, -0.25) is 4.79 Å². The first-order valence-electron chi connectivity index (χ1n) is 8.95. The first kappa shape index (κ1) is 21.2. The number of aliphatic carboxylic acids is 1. The number of nitrogens with zero attached hydrogens (tertiary/aromatic N) is 2. The molecule has 1 aromatic carbocycles. The van der Waals surface area contributed by atoms with Crippen LogP contribution in [0.25, 0.3) is 0 Å². The lowest BCUT2D eigenvalue weighted by atomic mass is 9.99. The largest absolute Gasteiger partial charge is 0.481 e. The summed E-state index contributed by atoms with van der Waals surface area (Å²) < 4.78 is 26.2. The average molecular weight is 397 g/mol. The van der Waals surface area contributed by atoms with Crippen LogP contribution < -0.4 is 5.32 Å². The smallest absolute Gasteiger partial charge is 0.317 e. The first-order valence-corrected chi connectivity index (χ1v) is 10.4. The van der Waals surface area contributed by atoms with Gasteiger partial charge in [-0.25, -0.2) is 13.2 Å². The monoisotopic (exact) mass is 397 g/mol. The number of likely N-dealkylation sites (tertiary alicyclic amines) is 1. The number of carbonyl (C=O) groups excluding carboxylic acids is 1. The Labute approximate surface area is 160 Å². The maximum absolute atomic E-state index is 12.4. The number of carbonyl (C=O) groups is 2. The van der Waals surface area contributed by atoms with Gasteiger partial charge in [0.25, 0.3) is 0 Å². The summed E-state index contributed by atoms with van der Waals surface area (Å²) in [6.45, 7) is 4.59. The minimum absolute atomic E-state index is 0.145. The van der Waals surface area contributed by atoms with E-state index in [4.69, 9.17) is 5.11 Å². The highest BCUT2D eigenvalue weighted by atomic mass is 32.2. The molecule has 0 spiro atoms. The maximum atomic E-state index is 12.4. The number of carboxylic acid groups (broad SMARTS) is 1. The summed E-state index contributed by atoms with van der Waals surface area (Å²) >= 11 is 0. The Morgan fingerprint density at radius 3 is 2.48 bits per heavy atom. The molecule has 9 heteroatoms. The van der Waals surface area contributed by atoms with Crippen LogP contribution in [0.5, 0.6) is 0 Å². The van der Waals surface area contributed by atoms with Gasteiger partial charge in [0.1, 0.15) is 0 Å². The molecule has 1 saturated heterocycles. The summed E-state index contributed by atoms with van der Waals surface area (Å²) in [5.74, 6) is -1.40. The van der Waals surface area contributed by atoms with Gasteiger partial charge >= 0.3 is 12.0 Å². The average Bonchev–Trinajstić information content (AvgIpc) is 2.65. The number of piperidine rings is 1. The molecule has 1 heterocycles. The molecule has 0 radical (unpaired) electrons. The maximum Gasteiger partial charge on any atom is 0.317 e. The Hall–Kier alpha value is -2.13. The lowest BCUT2D eigenvalue weighted by molar-refractivity contribution is -0.143. The van der Waals surface area contributed by atoms with Crippen LogP contribution in [-0.4, -0.2) is 60.9 Å². The Kier molecular flexibility index (Phi) is 6.83. The summed E-state index contributed by atoms with van der Waals surface area (Å²) in [4.78, 5) is 25.1. The number of hydrogen-bond acceptors (Lipinski definition) is 4. The Morgan fingerprint density at radius 1 is 1.30 bits per heavy atom. The molecule has 1 unspecified atom stereocenters. The van der Waals surface area contributed by atoms with Gasteiger partial charge in [0, 0.05) is 32.7 Å². The molecule has 1 aliphatic rings. The molecule has 0 aliphatic carbocycles. The minimum atomic E-state index is -3.54. The predicted octanol–water partition coefficient (Wildman–Crippen LogP) is 1.72. The summed E-state index contributed by atoms with van der Waals surface area (Å²) in [7, 11) is -2.00. The third-order valence-electron chi connectivity index (χ3n) is 4.83. The number of carboxylic acids is 1. The van der Waals surface area contributed by atoms with E-state index in [0.717, 1.165) is 5.56 Å². The molecule has 1 fully saturated rings. The van der Waals surface area contributed by atoms with E-state index in [1.54, 1.807) is 26.0 Å². The highest BCUT2D eigenvalue weighted by Crippen LogP contribution is 2.18. The molecule has 27 heavy (non-hydrogen) atoms. The van der Waals surface area contributed by atoms with Gasteiger partial charge < -0.3 is 15.3 Å². The zero-order valence-corrected chi connectivity index (χ0v) is 16.7. The van der Waals surface area contributed by atoms with Crippen LogP contribution in [0, 0.1) is 5.92 Å². The van der Waals surface area contributed by atoms with Crippen molar-refractivity contribution >= 4 is 22.0 Å². The second-order valence-electron chi connectivity index (χ2n) is 7.04. The van der Waals surface area contributed by atoms with E-state index < -0.39 is 21.9 Å². The van der Waals surface area contributed by atoms with Gasteiger partial charge in [0.15, 0.2) is 0 Å². The van der Waals surface area contributed by atoms with E-state index in [-0.39, 0.29) is 30.1 Å². The van der Waals surface area contributed by atoms with E-state index in [9.17, 15) is 18.0 Å². The third-order valence-corrected chi connectivity index (χ3v) is 6.88. The van der Waals surface area contributed by atoms with Crippen molar-refractivity contribution in [2.45, 2.75) is 44.2 Å². The second kappa shape index (κ2) is 8.71. The van der Waals surface area contributed by atoms with Crippen molar-refractivity contribution in [2.75, 3.05) is 20.1 Å². The van der Waals surface area contributed by atoms with Crippen molar-refractivity contribution in [3.63, 3.8) is 0 Å². The van der Waals surface area contributed by atoms with Crippen molar-refractivity contribution in [3.05, 3.63) is 29.8 Å². The van der Waals surface area contributed by atoms with Crippen molar-refractivity contribution < 1.29 is 23.1 Å². The molecule has 0 bridgehead atoms. The molecule has 0 saturated carbocycles. The van der Waals surface area contributed by atoms with Gasteiger partial charge in [-0.15, -0.1) is 0 Å². The Balaban J connectivity index is 1.95. The molecule has 8 nitrogen and oxygen atoms in total. The zero-order chi connectivity index (χ0) is 20.2. The first-order chi connectivity index (χ1) is 12.6. The standard InChI is InChI=1S/C18H27N3O5S/c1-13(2)20(3)27(25,26)16-8-6-14(7-9-16)11-19-18(24)21-10-4-5-15(12-21)17(22)23/h6-9,13,15H,4-5,10-12H2,1-3H3,(H,19,24)(H,22,23). The highest BCUT2D eigenvalue weighted by molar-refractivity contribution is 7.89.